The molecule has 72 valence electrons. The number of nitrogens with zero attached hydrogens (tertiary/aromatic N) is 3. The summed E-state index contributed by atoms with van der Waals surface area (Å²) >= 11 is 0. The smallest absolute Gasteiger partial charge is 0.119 e. The molecule has 1 aromatic rings. The molecule has 13 heavy (non-hydrogen) atoms. The second-order valence-corrected chi connectivity index (χ2v) is 3.47. The lowest BCUT2D eigenvalue weighted by Gasteiger charge is -2.31. The lowest BCUT2D eigenvalue weighted by molar-refractivity contribution is -0.0728. The van der Waals surface area contributed by atoms with Gasteiger partial charge in [0.15, 0.2) is 0 Å². The molecule has 0 aliphatic carbocycles. The Balaban J connectivity index is 1.99. The van der Waals surface area contributed by atoms with Crippen LogP contribution in [0.2, 0.25) is 0 Å². The maximum absolute atomic E-state index is 10.1. The minimum atomic E-state index is -0.638. The highest BCUT2D eigenvalue weighted by molar-refractivity contribution is 4.82. The Morgan fingerprint density at radius 1 is 1.31 bits per heavy atom. The minimum absolute atomic E-state index is 0.559. The molecule has 5 heteroatoms. The quantitative estimate of drug-likeness (QED) is 0.691. The fraction of sp³-hybridized carbons (Fsp3) is 0.750. The van der Waals surface area contributed by atoms with Gasteiger partial charge in [-0.3, -0.25) is 0 Å². The van der Waals surface area contributed by atoms with Gasteiger partial charge in [-0.15, -0.1) is 10.2 Å². The van der Waals surface area contributed by atoms with E-state index < -0.39 is 5.60 Å². The molecule has 0 aromatic carbocycles. The lowest BCUT2D eigenvalue weighted by atomic mass is 9.94. The third-order valence-electron chi connectivity index (χ3n) is 2.37. The van der Waals surface area contributed by atoms with Crippen LogP contribution >= 0.6 is 0 Å². The van der Waals surface area contributed by atoms with E-state index in [0.29, 0.717) is 32.6 Å². The Labute approximate surface area is 76.3 Å². The van der Waals surface area contributed by atoms with Crippen molar-refractivity contribution in [2.24, 2.45) is 0 Å². The summed E-state index contributed by atoms with van der Waals surface area (Å²) in [5, 5.41) is 17.5. The van der Waals surface area contributed by atoms with E-state index in [1.54, 1.807) is 17.2 Å². The van der Waals surface area contributed by atoms with Gasteiger partial charge >= 0.3 is 0 Å². The summed E-state index contributed by atoms with van der Waals surface area (Å²) in [7, 11) is 0. The number of rotatable bonds is 2. The van der Waals surface area contributed by atoms with E-state index in [0.717, 1.165) is 0 Å². The van der Waals surface area contributed by atoms with Gasteiger partial charge in [-0.2, -0.15) is 0 Å². The molecule has 0 unspecified atom stereocenters. The van der Waals surface area contributed by atoms with E-state index in [9.17, 15) is 5.11 Å². The van der Waals surface area contributed by atoms with E-state index in [-0.39, 0.29) is 0 Å². The molecule has 0 bridgehead atoms. The molecule has 0 atom stereocenters. The molecule has 0 spiro atoms. The molecular weight excluding hydrogens is 170 g/mol. The Kier molecular flexibility index (Phi) is 2.28. The fourth-order valence-corrected chi connectivity index (χ4v) is 1.55. The first kappa shape index (κ1) is 8.65. The molecule has 0 saturated carbocycles. The third-order valence-corrected chi connectivity index (χ3v) is 2.37. The first-order valence-corrected chi connectivity index (χ1v) is 4.41. The van der Waals surface area contributed by atoms with Crippen molar-refractivity contribution in [3.8, 4) is 0 Å². The summed E-state index contributed by atoms with van der Waals surface area (Å²) in [5.41, 5.74) is -0.638. The van der Waals surface area contributed by atoms with Crippen molar-refractivity contribution in [3.05, 3.63) is 12.7 Å². The van der Waals surface area contributed by atoms with E-state index in [1.165, 1.54) is 0 Å². The van der Waals surface area contributed by atoms with Gasteiger partial charge in [-0.1, -0.05) is 0 Å². The molecule has 1 aliphatic heterocycles. The van der Waals surface area contributed by atoms with Crippen molar-refractivity contribution in [2.45, 2.75) is 25.0 Å². The predicted octanol–water partition coefficient (Wildman–Crippen LogP) is -0.180. The van der Waals surface area contributed by atoms with Gasteiger partial charge in [-0.25, -0.2) is 0 Å². The van der Waals surface area contributed by atoms with Crippen LogP contribution in [-0.4, -0.2) is 38.7 Å². The SMILES string of the molecule is OC1(Cn2cnnc2)CCOCC1. The summed E-state index contributed by atoms with van der Waals surface area (Å²) in [5.74, 6) is 0. The minimum Gasteiger partial charge on any atom is -0.388 e. The van der Waals surface area contributed by atoms with Gasteiger partial charge in [0, 0.05) is 26.1 Å². The average Bonchev–Trinajstić information content (AvgIpc) is 2.57. The van der Waals surface area contributed by atoms with Crippen LogP contribution in [0.15, 0.2) is 12.7 Å². The van der Waals surface area contributed by atoms with Gasteiger partial charge in [0.1, 0.15) is 12.7 Å². The topological polar surface area (TPSA) is 60.2 Å². The van der Waals surface area contributed by atoms with Gasteiger partial charge in [-0.05, 0) is 0 Å². The van der Waals surface area contributed by atoms with Gasteiger partial charge < -0.3 is 14.4 Å². The van der Waals surface area contributed by atoms with Crippen molar-refractivity contribution < 1.29 is 9.84 Å². The van der Waals surface area contributed by atoms with Crippen LogP contribution in [0.5, 0.6) is 0 Å². The maximum atomic E-state index is 10.1. The summed E-state index contributed by atoms with van der Waals surface area (Å²) in [6.45, 7) is 1.83. The van der Waals surface area contributed by atoms with Gasteiger partial charge in [0.05, 0.1) is 12.1 Å². The first-order valence-electron chi connectivity index (χ1n) is 4.41. The number of ether oxygens (including phenoxy) is 1. The molecule has 1 fully saturated rings. The van der Waals surface area contributed by atoms with E-state index in [4.69, 9.17) is 4.74 Å². The molecule has 1 aliphatic rings. The molecule has 0 radical (unpaired) electrons. The highest BCUT2D eigenvalue weighted by Crippen LogP contribution is 2.21. The summed E-state index contributed by atoms with van der Waals surface area (Å²) in [6.07, 6.45) is 4.61. The highest BCUT2D eigenvalue weighted by Gasteiger charge is 2.29. The van der Waals surface area contributed by atoms with E-state index in [2.05, 4.69) is 10.2 Å². The molecule has 1 saturated heterocycles. The van der Waals surface area contributed by atoms with Crippen LogP contribution in [0.4, 0.5) is 0 Å². The predicted molar refractivity (Wildman–Crippen MR) is 45.0 cm³/mol. The molecule has 5 nitrogen and oxygen atoms in total. The molecular formula is C8H13N3O2. The van der Waals surface area contributed by atoms with Crippen molar-refractivity contribution in [3.63, 3.8) is 0 Å². The van der Waals surface area contributed by atoms with Crippen LogP contribution in [0, 0.1) is 0 Å². The highest BCUT2D eigenvalue weighted by atomic mass is 16.5. The van der Waals surface area contributed by atoms with Crippen molar-refractivity contribution in [1.82, 2.24) is 14.8 Å². The summed E-state index contributed by atoms with van der Waals surface area (Å²) in [6, 6.07) is 0. The zero-order chi connectivity index (χ0) is 9.15. The van der Waals surface area contributed by atoms with E-state index >= 15 is 0 Å². The Hall–Kier alpha value is -0.940. The zero-order valence-corrected chi connectivity index (χ0v) is 7.39. The second kappa shape index (κ2) is 3.43. The molecule has 2 heterocycles. The maximum Gasteiger partial charge on any atom is 0.119 e. The summed E-state index contributed by atoms with van der Waals surface area (Å²) < 4.78 is 6.98. The average molecular weight is 183 g/mol. The van der Waals surface area contributed by atoms with Crippen LogP contribution in [0.25, 0.3) is 0 Å². The van der Waals surface area contributed by atoms with Crippen LogP contribution in [0.3, 0.4) is 0 Å². The van der Waals surface area contributed by atoms with Crippen LogP contribution in [0.1, 0.15) is 12.8 Å². The second-order valence-electron chi connectivity index (χ2n) is 3.47. The summed E-state index contributed by atoms with van der Waals surface area (Å²) in [4.78, 5) is 0. The third kappa shape index (κ3) is 2.05. The van der Waals surface area contributed by atoms with Gasteiger partial charge in [0.2, 0.25) is 0 Å². The first-order chi connectivity index (χ1) is 6.29. The molecule has 1 N–H and O–H groups in total. The number of aromatic nitrogens is 3. The number of hydrogen-bond acceptors (Lipinski definition) is 4. The Morgan fingerprint density at radius 2 is 1.92 bits per heavy atom. The Bertz CT molecular complexity index is 254. The largest absolute Gasteiger partial charge is 0.388 e. The zero-order valence-electron chi connectivity index (χ0n) is 7.39. The monoisotopic (exact) mass is 183 g/mol. The van der Waals surface area contributed by atoms with Crippen molar-refractivity contribution in [2.75, 3.05) is 13.2 Å². The normalized spacial score (nSPS) is 21.6. The standard InChI is InChI=1S/C8H13N3O2/c12-8(1-3-13-4-2-8)5-11-6-9-10-7-11/h6-7,12H,1-5H2. The number of hydrogen-bond donors (Lipinski definition) is 1. The Morgan fingerprint density at radius 3 is 2.54 bits per heavy atom. The van der Waals surface area contributed by atoms with Crippen molar-refractivity contribution >= 4 is 0 Å². The number of aliphatic hydroxyl groups is 1. The molecule has 0 amide bonds. The van der Waals surface area contributed by atoms with Gasteiger partial charge in [0.25, 0.3) is 0 Å². The lowest BCUT2D eigenvalue weighted by Crippen LogP contribution is -2.39. The van der Waals surface area contributed by atoms with Crippen LogP contribution in [-0.2, 0) is 11.3 Å². The molecule has 2 rings (SSSR count). The van der Waals surface area contributed by atoms with Crippen LogP contribution < -0.4 is 0 Å². The van der Waals surface area contributed by atoms with Crippen molar-refractivity contribution in [1.29, 1.82) is 0 Å². The molecule has 1 aromatic heterocycles. The van der Waals surface area contributed by atoms with E-state index in [1.807, 2.05) is 0 Å². The fourth-order valence-electron chi connectivity index (χ4n) is 1.55.